The number of aliphatic imine (C=N–C) groups is 1. The first-order valence-corrected chi connectivity index (χ1v) is 11.0. The van der Waals surface area contributed by atoms with E-state index in [9.17, 15) is 0 Å². The van der Waals surface area contributed by atoms with Crippen LogP contribution in [0.4, 0.5) is 0 Å². The molecule has 0 radical (unpaired) electrons. The van der Waals surface area contributed by atoms with Crippen molar-refractivity contribution in [3.05, 3.63) is 34.0 Å². The number of rotatable bonds is 4. The molecule has 0 amide bonds. The second-order valence-electron chi connectivity index (χ2n) is 7.82. The number of nitrogens with one attached hydrogen (secondary N) is 2. The zero-order valence-electron chi connectivity index (χ0n) is 16.4. The van der Waals surface area contributed by atoms with Gasteiger partial charge in [-0.1, -0.05) is 25.3 Å². The van der Waals surface area contributed by atoms with E-state index in [0.717, 1.165) is 43.5 Å². The van der Waals surface area contributed by atoms with Crippen LogP contribution in [-0.2, 0) is 12.0 Å². The van der Waals surface area contributed by atoms with Crippen LogP contribution in [0.15, 0.2) is 22.5 Å². The van der Waals surface area contributed by atoms with E-state index >= 15 is 0 Å². The predicted molar refractivity (Wildman–Crippen MR) is 110 cm³/mol. The van der Waals surface area contributed by atoms with Crippen molar-refractivity contribution in [2.45, 2.75) is 69.9 Å². The summed E-state index contributed by atoms with van der Waals surface area (Å²) in [6.07, 6.45) is 8.69. The number of hydrogen-bond acceptors (Lipinski definition) is 4. The molecular formula is C20H30N6S. The molecule has 2 aromatic rings. The van der Waals surface area contributed by atoms with Crippen LogP contribution in [-0.4, -0.2) is 34.3 Å². The molecule has 4 rings (SSSR count). The van der Waals surface area contributed by atoms with Crippen LogP contribution < -0.4 is 10.6 Å². The molecule has 1 aliphatic carbocycles. The third-order valence-corrected chi connectivity index (χ3v) is 7.08. The smallest absolute Gasteiger partial charge is 0.191 e. The molecule has 0 bridgehead atoms. The second-order valence-corrected chi connectivity index (χ2v) is 8.77. The van der Waals surface area contributed by atoms with Gasteiger partial charge in [0, 0.05) is 30.4 Å². The molecule has 0 aromatic carbocycles. The fourth-order valence-corrected chi connectivity index (χ4v) is 5.52. The summed E-state index contributed by atoms with van der Waals surface area (Å²) in [5.74, 6) is 2.75. The van der Waals surface area contributed by atoms with Gasteiger partial charge in [-0.3, -0.25) is 4.99 Å². The first kappa shape index (κ1) is 18.5. The second kappa shape index (κ2) is 8.00. The molecule has 1 atom stereocenters. The first-order chi connectivity index (χ1) is 13.2. The Morgan fingerprint density at radius 1 is 1.33 bits per heavy atom. The third-order valence-electron chi connectivity index (χ3n) is 5.96. The highest BCUT2D eigenvalue weighted by atomic mass is 32.1. The summed E-state index contributed by atoms with van der Waals surface area (Å²) < 4.78 is 2.04. The largest absolute Gasteiger partial charge is 0.355 e. The Morgan fingerprint density at radius 2 is 2.19 bits per heavy atom. The third kappa shape index (κ3) is 3.88. The van der Waals surface area contributed by atoms with Crippen molar-refractivity contribution in [1.82, 2.24) is 25.4 Å². The van der Waals surface area contributed by atoms with Crippen molar-refractivity contribution in [3.8, 4) is 0 Å². The van der Waals surface area contributed by atoms with Gasteiger partial charge in [-0.05, 0) is 44.1 Å². The number of aromatic nitrogens is 3. The van der Waals surface area contributed by atoms with Crippen LogP contribution in [0, 0.1) is 6.92 Å². The molecule has 2 aliphatic rings. The highest BCUT2D eigenvalue weighted by Crippen LogP contribution is 2.41. The molecule has 7 heteroatoms. The normalized spacial score (nSPS) is 22.3. The predicted octanol–water partition coefficient (Wildman–Crippen LogP) is 3.55. The minimum absolute atomic E-state index is 0.176. The fourth-order valence-electron chi connectivity index (χ4n) is 4.54. The van der Waals surface area contributed by atoms with Crippen LogP contribution in [0.25, 0.3) is 0 Å². The highest BCUT2D eigenvalue weighted by Gasteiger charge is 2.35. The number of aryl methyl sites for hydroxylation is 2. The maximum atomic E-state index is 4.63. The molecule has 27 heavy (non-hydrogen) atoms. The van der Waals surface area contributed by atoms with Crippen LogP contribution in [0.2, 0.25) is 0 Å². The molecule has 0 spiro atoms. The number of fused-ring (bicyclic) bond motifs is 1. The van der Waals surface area contributed by atoms with E-state index in [1.807, 2.05) is 30.0 Å². The first-order valence-electron chi connectivity index (χ1n) is 10.1. The Hall–Kier alpha value is -1.89. The quantitative estimate of drug-likeness (QED) is 0.623. The average molecular weight is 387 g/mol. The minimum Gasteiger partial charge on any atom is -0.355 e. The van der Waals surface area contributed by atoms with Gasteiger partial charge in [0.15, 0.2) is 5.96 Å². The van der Waals surface area contributed by atoms with Gasteiger partial charge in [0.25, 0.3) is 0 Å². The van der Waals surface area contributed by atoms with Gasteiger partial charge in [0.05, 0.1) is 6.04 Å². The molecule has 2 aromatic heterocycles. The monoisotopic (exact) mass is 386 g/mol. The molecule has 2 N–H and O–H groups in total. The summed E-state index contributed by atoms with van der Waals surface area (Å²) in [5.41, 5.74) is 0.243. The Kier molecular flexibility index (Phi) is 5.48. The Balaban J connectivity index is 1.45. The van der Waals surface area contributed by atoms with Crippen molar-refractivity contribution in [2.24, 2.45) is 4.99 Å². The summed E-state index contributed by atoms with van der Waals surface area (Å²) in [7, 11) is 1.85. The van der Waals surface area contributed by atoms with Crippen molar-refractivity contribution in [3.63, 3.8) is 0 Å². The number of guanidine groups is 1. The molecule has 6 nitrogen and oxygen atoms in total. The topological polar surface area (TPSA) is 67.1 Å². The van der Waals surface area contributed by atoms with Crippen molar-refractivity contribution in [1.29, 1.82) is 0 Å². The Labute approximate surface area is 165 Å². The summed E-state index contributed by atoms with van der Waals surface area (Å²) in [4.78, 5) is 10.6. The van der Waals surface area contributed by atoms with Crippen LogP contribution in [0.1, 0.15) is 67.5 Å². The van der Waals surface area contributed by atoms with E-state index in [0.29, 0.717) is 0 Å². The van der Waals surface area contributed by atoms with Gasteiger partial charge in [-0.15, -0.1) is 11.3 Å². The van der Waals surface area contributed by atoms with E-state index in [1.54, 1.807) is 0 Å². The Bertz CT molecular complexity index is 773. The zero-order valence-corrected chi connectivity index (χ0v) is 17.2. The number of nitrogens with zero attached hydrogens (tertiary/aromatic N) is 4. The van der Waals surface area contributed by atoms with Crippen LogP contribution in [0.5, 0.6) is 0 Å². The number of thiophene rings is 1. The summed E-state index contributed by atoms with van der Waals surface area (Å²) >= 11 is 1.89. The van der Waals surface area contributed by atoms with Gasteiger partial charge >= 0.3 is 0 Å². The average Bonchev–Trinajstić information content (AvgIpc) is 3.35. The Morgan fingerprint density at radius 3 is 2.93 bits per heavy atom. The number of hydrogen-bond donors (Lipinski definition) is 2. The SMILES string of the molecule is CN=C(NCC1(c2cccs2)CCCCC1)NC1CCCn2nc(C)nc21. The lowest BCUT2D eigenvalue weighted by Gasteiger charge is -2.37. The van der Waals surface area contributed by atoms with Crippen LogP contribution in [0.3, 0.4) is 0 Å². The zero-order chi connectivity index (χ0) is 18.7. The van der Waals surface area contributed by atoms with E-state index in [4.69, 9.17) is 0 Å². The highest BCUT2D eigenvalue weighted by molar-refractivity contribution is 7.10. The lowest BCUT2D eigenvalue weighted by molar-refractivity contribution is 0.295. The van der Waals surface area contributed by atoms with Gasteiger partial charge in [-0.25, -0.2) is 9.67 Å². The van der Waals surface area contributed by atoms with Crippen molar-refractivity contribution < 1.29 is 0 Å². The summed E-state index contributed by atoms with van der Waals surface area (Å²) in [5, 5.41) is 13.9. The summed E-state index contributed by atoms with van der Waals surface area (Å²) in [6, 6.07) is 4.66. The molecule has 3 heterocycles. The lowest BCUT2D eigenvalue weighted by atomic mass is 9.73. The molecule has 1 saturated carbocycles. The van der Waals surface area contributed by atoms with Gasteiger partial charge in [-0.2, -0.15) is 5.10 Å². The van der Waals surface area contributed by atoms with E-state index < -0.39 is 0 Å². The summed E-state index contributed by atoms with van der Waals surface area (Å²) in [6.45, 7) is 3.86. The van der Waals surface area contributed by atoms with Crippen molar-refractivity contribution >= 4 is 17.3 Å². The minimum atomic E-state index is 0.176. The molecular weight excluding hydrogens is 356 g/mol. The lowest BCUT2D eigenvalue weighted by Crippen LogP contribution is -2.47. The molecule has 1 unspecified atom stereocenters. The van der Waals surface area contributed by atoms with Gasteiger partial charge in [0.2, 0.25) is 0 Å². The molecule has 1 fully saturated rings. The van der Waals surface area contributed by atoms with Crippen molar-refractivity contribution in [2.75, 3.05) is 13.6 Å². The standard InChI is InChI=1S/C20H30N6S/c1-15-23-18-16(8-6-12-26(18)25-15)24-19(21-2)22-14-20(10-4-3-5-11-20)17-9-7-13-27-17/h7,9,13,16H,3-6,8,10-12,14H2,1-2H3,(H2,21,22,24). The fraction of sp³-hybridized carbons (Fsp3) is 0.650. The molecule has 146 valence electrons. The van der Waals surface area contributed by atoms with Gasteiger partial charge in [0.1, 0.15) is 11.6 Å². The van der Waals surface area contributed by atoms with E-state index in [-0.39, 0.29) is 11.5 Å². The van der Waals surface area contributed by atoms with Crippen LogP contribution >= 0.6 is 11.3 Å². The van der Waals surface area contributed by atoms with Gasteiger partial charge < -0.3 is 10.6 Å². The molecule has 1 aliphatic heterocycles. The maximum absolute atomic E-state index is 4.63. The maximum Gasteiger partial charge on any atom is 0.191 e. The van der Waals surface area contributed by atoms with E-state index in [1.165, 1.54) is 37.0 Å². The van der Waals surface area contributed by atoms with E-state index in [2.05, 4.69) is 43.2 Å². The molecule has 0 saturated heterocycles.